The van der Waals surface area contributed by atoms with Crippen LogP contribution in [0.25, 0.3) is 0 Å². The van der Waals surface area contributed by atoms with E-state index >= 15 is 0 Å². The van der Waals surface area contributed by atoms with Gasteiger partial charge in [-0.15, -0.1) is 0 Å². The maximum Gasteiger partial charge on any atom is 0.0585 e. The van der Waals surface area contributed by atoms with E-state index in [1.54, 1.807) is 0 Å². The molecule has 2 fully saturated rings. The average molecular weight is 239 g/mol. The Morgan fingerprint density at radius 2 is 1.82 bits per heavy atom. The third-order valence-corrected chi connectivity index (χ3v) is 4.82. The Balaban J connectivity index is 1.84. The summed E-state index contributed by atoms with van der Waals surface area (Å²) < 4.78 is 6.02. The van der Waals surface area contributed by atoms with Crippen molar-refractivity contribution < 1.29 is 4.74 Å². The van der Waals surface area contributed by atoms with Crippen molar-refractivity contribution in [3.05, 3.63) is 0 Å². The van der Waals surface area contributed by atoms with Gasteiger partial charge in [0.25, 0.3) is 0 Å². The first kappa shape index (κ1) is 13.4. The zero-order valence-corrected chi connectivity index (χ0v) is 11.8. The molecule has 2 nitrogen and oxygen atoms in total. The Bertz CT molecular complexity index is 233. The van der Waals surface area contributed by atoms with Gasteiger partial charge in [-0.2, -0.15) is 0 Å². The second kappa shape index (κ2) is 5.71. The molecular formula is C15H29NO. The van der Waals surface area contributed by atoms with E-state index < -0.39 is 0 Å². The Kier molecular flexibility index (Phi) is 4.48. The molecule has 1 saturated heterocycles. The predicted octanol–water partition coefficient (Wildman–Crippen LogP) is 3.50. The molecule has 1 aliphatic carbocycles. The third kappa shape index (κ3) is 3.69. The SMILES string of the molecule is CCC(CC)(CNC1CC1)CC1CCC(C)O1. The highest BCUT2D eigenvalue weighted by atomic mass is 16.5. The molecular weight excluding hydrogens is 210 g/mol. The highest BCUT2D eigenvalue weighted by molar-refractivity contribution is 4.89. The topological polar surface area (TPSA) is 21.3 Å². The van der Waals surface area contributed by atoms with Crippen LogP contribution in [0.5, 0.6) is 0 Å². The van der Waals surface area contributed by atoms with Crippen LogP contribution >= 0.6 is 0 Å². The molecule has 0 spiro atoms. The van der Waals surface area contributed by atoms with Gasteiger partial charge in [-0.3, -0.25) is 0 Å². The van der Waals surface area contributed by atoms with Crippen molar-refractivity contribution in [3.63, 3.8) is 0 Å². The van der Waals surface area contributed by atoms with Gasteiger partial charge in [-0.05, 0) is 57.3 Å². The van der Waals surface area contributed by atoms with Crippen molar-refractivity contribution in [2.24, 2.45) is 5.41 Å². The minimum atomic E-state index is 0.470. The van der Waals surface area contributed by atoms with Crippen LogP contribution in [-0.4, -0.2) is 24.8 Å². The Morgan fingerprint density at radius 1 is 1.12 bits per heavy atom. The number of ether oxygens (including phenoxy) is 1. The molecule has 2 unspecified atom stereocenters. The zero-order valence-electron chi connectivity index (χ0n) is 11.8. The van der Waals surface area contributed by atoms with Gasteiger partial charge in [0.05, 0.1) is 12.2 Å². The van der Waals surface area contributed by atoms with Crippen LogP contribution in [0, 0.1) is 5.41 Å². The minimum Gasteiger partial charge on any atom is -0.375 e. The molecule has 100 valence electrons. The van der Waals surface area contributed by atoms with E-state index in [0.29, 0.717) is 17.6 Å². The van der Waals surface area contributed by atoms with E-state index in [0.717, 1.165) is 6.04 Å². The predicted molar refractivity (Wildman–Crippen MR) is 72.2 cm³/mol. The second-order valence-electron chi connectivity index (χ2n) is 6.21. The summed E-state index contributed by atoms with van der Waals surface area (Å²) >= 11 is 0. The number of hydrogen-bond acceptors (Lipinski definition) is 2. The van der Waals surface area contributed by atoms with Crippen LogP contribution in [0.2, 0.25) is 0 Å². The lowest BCUT2D eigenvalue weighted by Gasteiger charge is -2.34. The Morgan fingerprint density at radius 3 is 2.29 bits per heavy atom. The number of rotatable bonds is 7. The summed E-state index contributed by atoms with van der Waals surface area (Å²) in [5, 5.41) is 3.73. The quantitative estimate of drug-likeness (QED) is 0.734. The van der Waals surface area contributed by atoms with E-state index in [-0.39, 0.29) is 0 Å². The molecule has 2 rings (SSSR count). The molecule has 0 aromatic heterocycles. The van der Waals surface area contributed by atoms with E-state index in [9.17, 15) is 0 Å². The van der Waals surface area contributed by atoms with Crippen LogP contribution < -0.4 is 5.32 Å². The largest absolute Gasteiger partial charge is 0.375 e. The molecule has 2 atom stereocenters. The number of hydrogen-bond donors (Lipinski definition) is 1. The summed E-state index contributed by atoms with van der Waals surface area (Å²) in [7, 11) is 0. The maximum absolute atomic E-state index is 6.02. The van der Waals surface area contributed by atoms with E-state index in [2.05, 4.69) is 26.1 Å². The van der Waals surface area contributed by atoms with Crippen LogP contribution in [0.4, 0.5) is 0 Å². The first-order valence-electron chi connectivity index (χ1n) is 7.56. The minimum absolute atomic E-state index is 0.470. The van der Waals surface area contributed by atoms with Gasteiger partial charge in [0.1, 0.15) is 0 Å². The van der Waals surface area contributed by atoms with E-state index in [1.807, 2.05) is 0 Å². The molecule has 1 heterocycles. The molecule has 1 aliphatic heterocycles. The van der Waals surface area contributed by atoms with Crippen molar-refractivity contribution >= 4 is 0 Å². The number of nitrogens with one attached hydrogen (secondary N) is 1. The van der Waals surface area contributed by atoms with Crippen LogP contribution in [-0.2, 0) is 4.74 Å². The molecule has 2 heteroatoms. The smallest absolute Gasteiger partial charge is 0.0585 e. The molecule has 0 amide bonds. The maximum atomic E-state index is 6.02. The van der Waals surface area contributed by atoms with Crippen LogP contribution in [0.3, 0.4) is 0 Å². The first-order valence-corrected chi connectivity index (χ1v) is 7.56. The monoisotopic (exact) mass is 239 g/mol. The van der Waals surface area contributed by atoms with Crippen molar-refractivity contribution in [2.75, 3.05) is 6.54 Å². The Hall–Kier alpha value is -0.0800. The fourth-order valence-electron chi connectivity index (χ4n) is 3.03. The van der Waals surface area contributed by atoms with E-state index in [4.69, 9.17) is 4.74 Å². The molecule has 1 N–H and O–H groups in total. The van der Waals surface area contributed by atoms with E-state index in [1.165, 1.54) is 51.5 Å². The van der Waals surface area contributed by atoms with Gasteiger partial charge in [-0.25, -0.2) is 0 Å². The van der Waals surface area contributed by atoms with Gasteiger partial charge in [0.15, 0.2) is 0 Å². The third-order valence-electron chi connectivity index (χ3n) is 4.82. The molecule has 0 aromatic carbocycles. The first-order chi connectivity index (χ1) is 8.17. The van der Waals surface area contributed by atoms with Crippen molar-refractivity contribution in [1.29, 1.82) is 0 Å². The second-order valence-corrected chi connectivity index (χ2v) is 6.21. The molecule has 17 heavy (non-hydrogen) atoms. The molecule has 0 bridgehead atoms. The van der Waals surface area contributed by atoms with Crippen LogP contribution in [0.1, 0.15) is 65.7 Å². The summed E-state index contributed by atoms with van der Waals surface area (Å²) in [4.78, 5) is 0. The summed E-state index contributed by atoms with van der Waals surface area (Å²) in [6.07, 6.45) is 10.1. The lowest BCUT2D eigenvalue weighted by molar-refractivity contribution is 0.0187. The Labute approximate surface area is 107 Å². The summed E-state index contributed by atoms with van der Waals surface area (Å²) in [5.41, 5.74) is 0.470. The van der Waals surface area contributed by atoms with Crippen molar-refractivity contribution in [2.45, 2.75) is 84.0 Å². The molecule has 0 aromatic rings. The highest BCUT2D eigenvalue weighted by Gasteiger charge is 2.34. The van der Waals surface area contributed by atoms with Crippen molar-refractivity contribution in [1.82, 2.24) is 5.32 Å². The molecule has 1 saturated carbocycles. The van der Waals surface area contributed by atoms with Crippen LogP contribution in [0.15, 0.2) is 0 Å². The average Bonchev–Trinajstić information content (AvgIpc) is 3.08. The van der Waals surface area contributed by atoms with Gasteiger partial charge in [-0.1, -0.05) is 13.8 Å². The molecule has 0 radical (unpaired) electrons. The summed E-state index contributed by atoms with van der Waals surface area (Å²) in [6.45, 7) is 8.09. The highest BCUT2D eigenvalue weighted by Crippen LogP contribution is 2.37. The van der Waals surface area contributed by atoms with Gasteiger partial charge >= 0.3 is 0 Å². The lowest BCUT2D eigenvalue weighted by atomic mass is 9.77. The normalized spacial score (nSPS) is 29.8. The van der Waals surface area contributed by atoms with Crippen molar-refractivity contribution in [3.8, 4) is 0 Å². The van der Waals surface area contributed by atoms with Gasteiger partial charge in [0.2, 0.25) is 0 Å². The summed E-state index contributed by atoms with van der Waals surface area (Å²) in [5.74, 6) is 0. The lowest BCUT2D eigenvalue weighted by Crippen LogP contribution is -2.37. The van der Waals surface area contributed by atoms with Gasteiger partial charge < -0.3 is 10.1 Å². The zero-order chi connectivity index (χ0) is 12.3. The standard InChI is InChI=1S/C15H29NO/c1-4-15(5-2,11-16-13-7-8-13)10-14-9-6-12(3)17-14/h12-14,16H,4-11H2,1-3H3. The van der Waals surface area contributed by atoms with Gasteiger partial charge in [0, 0.05) is 12.6 Å². The fraction of sp³-hybridized carbons (Fsp3) is 1.00. The molecule has 2 aliphatic rings. The fourth-order valence-corrected chi connectivity index (χ4v) is 3.03. The summed E-state index contributed by atoms with van der Waals surface area (Å²) in [6, 6.07) is 0.830.